The summed E-state index contributed by atoms with van der Waals surface area (Å²) in [5, 5.41) is 0. The predicted octanol–water partition coefficient (Wildman–Crippen LogP) is 1.84. The zero-order valence-corrected chi connectivity index (χ0v) is 12.4. The van der Waals surface area contributed by atoms with Crippen LogP contribution in [-0.4, -0.2) is 44.8 Å². The van der Waals surface area contributed by atoms with Crippen molar-refractivity contribution in [3.05, 3.63) is 29.8 Å². The highest BCUT2D eigenvalue weighted by Gasteiger charge is 2.48. The Morgan fingerprint density at radius 2 is 1.91 bits per heavy atom. The van der Waals surface area contributed by atoms with Crippen molar-refractivity contribution in [1.82, 2.24) is 4.90 Å². The van der Waals surface area contributed by atoms with Crippen molar-refractivity contribution in [1.29, 1.82) is 0 Å². The van der Waals surface area contributed by atoms with Gasteiger partial charge in [-0.3, -0.25) is 4.90 Å². The van der Waals surface area contributed by atoms with E-state index in [0.717, 1.165) is 12.1 Å². The minimum atomic E-state index is -5.71. The molecule has 7 nitrogen and oxygen atoms in total. The van der Waals surface area contributed by atoms with Crippen LogP contribution in [0.15, 0.2) is 24.3 Å². The number of carbonyl (C=O) groups is 1. The molecule has 0 saturated carbocycles. The second-order valence-corrected chi connectivity index (χ2v) is 6.02. The third-order valence-electron chi connectivity index (χ3n) is 2.79. The quantitative estimate of drug-likeness (QED) is 0.606. The van der Waals surface area contributed by atoms with Gasteiger partial charge in [0.05, 0.1) is 6.61 Å². The second kappa shape index (κ2) is 6.62. The summed E-state index contributed by atoms with van der Waals surface area (Å²) in [6.07, 6.45) is -0.581. The fraction of sp³-hybridized carbons (Fsp3) is 0.417. The van der Waals surface area contributed by atoms with Crippen LogP contribution in [0.5, 0.6) is 5.75 Å². The maximum Gasteiger partial charge on any atom is 0.534 e. The molecule has 1 aromatic carbocycles. The number of ether oxygens (including phenoxy) is 2. The molecule has 0 N–H and O–H groups in total. The summed E-state index contributed by atoms with van der Waals surface area (Å²) in [4.78, 5) is 12.9. The average Bonchev–Trinajstić information content (AvgIpc) is 2.99. The standard InChI is InChI=1S/C12H12F3NO6S/c13-12(14,15)23(18,19)22-10-3-1-9(2-4-10)7-21-11(17)16-5-6-20-8-16/h1-4H,5-8H2. The van der Waals surface area contributed by atoms with Crippen molar-refractivity contribution < 1.29 is 40.0 Å². The summed E-state index contributed by atoms with van der Waals surface area (Å²) < 4.78 is 72.1. The zero-order valence-electron chi connectivity index (χ0n) is 11.6. The second-order valence-electron chi connectivity index (χ2n) is 4.48. The summed E-state index contributed by atoms with van der Waals surface area (Å²) in [7, 11) is -5.71. The van der Waals surface area contributed by atoms with Crippen molar-refractivity contribution in [2.24, 2.45) is 0 Å². The Labute approximate surface area is 129 Å². The Morgan fingerprint density at radius 3 is 2.43 bits per heavy atom. The van der Waals surface area contributed by atoms with Gasteiger partial charge in [-0.15, -0.1) is 0 Å². The van der Waals surface area contributed by atoms with E-state index in [0.29, 0.717) is 18.7 Å². The van der Waals surface area contributed by atoms with Crippen LogP contribution >= 0.6 is 0 Å². The van der Waals surface area contributed by atoms with Gasteiger partial charge in [0.1, 0.15) is 19.1 Å². The van der Waals surface area contributed by atoms with Crippen molar-refractivity contribution in [3.8, 4) is 5.75 Å². The van der Waals surface area contributed by atoms with Crippen molar-refractivity contribution in [2.45, 2.75) is 12.1 Å². The van der Waals surface area contributed by atoms with Crippen LogP contribution in [0.25, 0.3) is 0 Å². The fourth-order valence-electron chi connectivity index (χ4n) is 1.61. The van der Waals surface area contributed by atoms with Gasteiger partial charge in [0.15, 0.2) is 0 Å². The third-order valence-corrected chi connectivity index (χ3v) is 3.76. The highest BCUT2D eigenvalue weighted by molar-refractivity contribution is 7.87. The number of nitrogens with zero attached hydrogens (tertiary/aromatic N) is 1. The first-order valence-corrected chi connectivity index (χ1v) is 7.69. The number of carbonyl (C=O) groups excluding carboxylic acids is 1. The topological polar surface area (TPSA) is 82.1 Å². The van der Waals surface area contributed by atoms with E-state index in [-0.39, 0.29) is 13.3 Å². The summed E-state index contributed by atoms with van der Waals surface area (Å²) >= 11 is 0. The van der Waals surface area contributed by atoms with Crippen LogP contribution in [0.4, 0.5) is 18.0 Å². The molecule has 1 saturated heterocycles. The van der Waals surface area contributed by atoms with Crippen LogP contribution in [0.2, 0.25) is 0 Å². The SMILES string of the molecule is O=C(OCc1ccc(OS(=O)(=O)C(F)(F)F)cc1)N1CCOC1. The molecule has 1 heterocycles. The van der Waals surface area contributed by atoms with Gasteiger partial charge >= 0.3 is 21.7 Å². The van der Waals surface area contributed by atoms with Crippen molar-refractivity contribution in [3.63, 3.8) is 0 Å². The van der Waals surface area contributed by atoms with E-state index in [4.69, 9.17) is 9.47 Å². The summed E-state index contributed by atoms with van der Waals surface area (Å²) in [6.45, 7) is 0.859. The smallest absolute Gasteiger partial charge is 0.444 e. The number of hydrogen-bond acceptors (Lipinski definition) is 6. The maximum atomic E-state index is 12.2. The molecule has 2 rings (SSSR count). The van der Waals surface area contributed by atoms with Gasteiger partial charge in [-0.1, -0.05) is 12.1 Å². The minimum absolute atomic E-state index is 0.123. The van der Waals surface area contributed by atoms with E-state index >= 15 is 0 Å². The Kier molecular flexibility index (Phi) is 5.00. The molecule has 0 unspecified atom stereocenters. The summed E-state index contributed by atoms with van der Waals surface area (Å²) in [5.41, 5.74) is -5.05. The Bertz CT molecular complexity index is 652. The third kappa shape index (κ3) is 4.48. The largest absolute Gasteiger partial charge is 0.534 e. The van der Waals surface area contributed by atoms with Crippen molar-refractivity contribution >= 4 is 16.2 Å². The monoisotopic (exact) mass is 355 g/mol. The number of halogens is 3. The van der Waals surface area contributed by atoms with Gasteiger partial charge in [-0.2, -0.15) is 21.6 Å². The average molecular weight is 355 g/mol. The van der Waals surface area contributed by atoms with E-state index in [1.54, 1.807) is 0 Å². The number of alkyl halides is 3. The Hall–Kier alpha value is -2.01. The van der Waals surface area contributed by atoms with E-state index < -0.39 is 27.5 Å². The molecule has 0 bridgehead atoms. The molecule has 1 aliphatic heterocycles. The molecule has 128 valence electrons. The van der Waals surface area contributed by atoms with Gasteiger partial charge < -0.3 is 13.7 Å². The lowest BCUT2D eigenvalue weighted by molar-refractivity contribution is -0.0500. The Balaban J connectivity index is 1.91. The number of rotatable bonds is 4. The Morgan fingerprint density at radius 1 is 1.26 bits per heavy atom. The van der Waals surface area contributed by atoms with Gasteiger partial charge in [-0.25, -0.2) is 4.79 Å². The predicted molar refractivity (Wildman–Crippen MR) is 69.8 cm³/mol. The molecule has 0 spiro atoms. The first-order valence-electron chi connectivity index (χ1n) is 6.28. The fourth-order valence-corrected chi connectivity index (χ4v) is 2.07. The minimum Gasteiger partial charge on any atom is -0.444 e. The molecule has 1 aromatic rings. The lowest BCUT2D eigenvalue weighted by atomic mass is 10.2. The first kappa shape index (κ1) is 17.3. The summed E-state index contributed by atoms with van der Waals surface area (Å²) in [5.74, 6) is -0.495. The molecule has 11 heteroatoms. The van der Waals surface area contributed by atoms with E-state index in [2.05, 4.69) is 4.18 Å². The molecular weight excluding hydrogens is 343 g/mol. The van der Waals surface area contributed by atoms with Crippen molar-refractivity contribution in [2.75, 3.05) is 19.9 Å². The van der Waals surface area contributed by atoms with Crippen LogP contribution in [0.1, 0.15) is 5.56 Å². The van der Waals surface area contributed by atoms with Crippen LogP contribution in [0.3, 0.4) is 0 Å². The van der Waals surface area contributed by atoms with E-state index in [9.17, 15) is 26.4 Å². The first-order chi connectivity index (χ1) is 10.7. The number of benzene rings is 1. The van der Waals surface area contributed by atoms with Crippen LogP contribution in [-0.2, 0) is 26.2 Å². The van der Waals surface area contributed by atoms with Crippen LogP contribution < -0.4 is 4.18 Å². The molecule has 0 radical (unpaired) electrons. The van der Waals surface area contributed by atoms with Gasteiger partial charge in [0.25, 0.3) is 0 Å². The highest BCUT2D eigenvalue weighted by atomic mass is 32.2. The molecule has 1 amide bonds. The van der Waals surface area contributed by atoms with Gasteiger partial charge in [-0.05, 0) is 17.7 Å². The van der Waals surface area contributed by atoms with Gasteiger partial charge in [0, 0.05) is 6.54 Å². The normalized spacial score (nSPS) is 15.5. The lowest BCUT2D eigenvalue weighted by Crippen LogP contribution is -2.28. The van der Waals surface area contributed by atoms with Gasteiger partial charge in [0.2, 0.25) is 0 Å². The zero-order chi connectivity index (χ0) is 17.1. The van der Waals surface area contributed by atoms with Crippen LogP contribution in [0, 0.1) is 0 Å². The molecule has 23 heavy (non-hydrogen) atoms. The molecule has 0 aliphatic carbocycles. The molecular formula is C12H12F3NO6S. The number of amides is 1. The highest BCUT2D eigenvalue weighted by Crippen LogP contribution is 2.27. The summed E-state index contributed by atoms with van der Waals surface area (Å²) in [6, 6.07) is 4.64. The number of hydrogen-bond donors (Lipinski definition) is 0. The van der Waals surface area contributed by atoms with E-state index in [1.165, 1.54) is 17.0 Å². The molecule has 0 aromatic heterocycles. The van der Waals surface area contributed by atoms with E-state index in [1.807, 2.05) is 0 Å². The molecule has 0 atom stereocenters. The molecule has 1 aliphatic rings. The maximum absolute atomic E-state index is 12.2. The molecule has 1 fully saturated rings. The lowest BCUT2D eigenvalue weighted by Gasteiger charge is -2.13.